The van der Waals surface area contributed by atoms with E-state index in [1.54, 1.807) is 18.2 Å². The first-order valence-corrected chi connectivity index (χ1v) is 6.61. The van der Waals surface area contributed by atoms with Gasteiger partial charge < -0.3 is 14.7 Å². The van der Waals surface area contributed by atoms with Crippen molar-refractivity contribution in [1.29, 1.82) is 0 Å². The summed E-state index contributed by atoms with van der Waals surface area (Å²) in [7, 11) is 0. The number of hydrogen-bond donors (Lipinski definition) is 1. The summed E-state index contributed by atoms with van der Waals surface area (Å²) < 4.78 is 18.7. The Bertz CT molecular complexity index is 558. The fraction of sp³-hybridized carbons (Fsp3) is 0.333. The van der Waals surface area contributed by atoms with E-state index >= 15 is 0 Å². The second-order valence-corrected chi connectivity index (χ2v) is 4.73. The smallest absolute Gasteiger partial charge is 0.306 e. The van der Waals surface area contributed by atoms with Crippen LogP contribution in [0.3, 0.4) is 0 Å². The Hall–Kier alpha value is -2.21. The van der Waals surface area contributed by atoms with Gasteiger partial charge >= 0.3 is 5.97 Å². The van der Waals surface area contributed by atoms with Crippen LogP contribution in [0.4, 0.5) is 4.39 Å². The number of carboxylic acids is 1. The van der Waals surface area contributed by atoms with Crippen LogP contribution in [-0.4, -0.2) is 47.7 Å². The molecule has 0 radical (unpaired) electrons. The minimum Gasteiger partial charge on any atom is -0.481 e. The summed E-state index contributed by atoms with van der Waals surface area (Å²) in [6.07, 6.45) is 2.07. The maximum atomic E-state index is 13.4. The number of ether oxygens (including phenoxy) is 1. The lowest BCUT2D eigenvalue weighted by Crippen LogP contribution is -2.45. The number of benzene rings is 1. The van der Waals surface area contributed by atoms with Gasteiger partial charge in [-0.1, -0.05) is 18.2 Å². The van der Waals surface area contributed by atoms with Gasteiger partial charge in [0.05, 0.1) is 19.1 Å². The second-order valence-electron chi connectivity index (χ2n) is 4.73. The van der Waals surface area contributed by atoms with Crippen molar-refractivity contribution < 1.29 is 23.8 Å². The van der Waals surface area contributed by atoms with Crippen molar-refractivity contribution in [3.05, 3.63) is 41.7 Å². The largest absolute Gasteiger partial charge is 0.481 e. The highest BCUT2D eigenvalue weighted by Crippen LogP contribution is 2.11. The van der Waals surface area contributed by atoms with Crippen LogP contribution in [0.1, 0.15) is 12.0 Å². The average Bonchev–Trinajstić information content (AvgIpc) is 2.45. The molecule has 0 aliphatic carbocycles. The fourth-order valence-electron chi connectivity index (χ4n) is 2.11. The summed E-state index contributed by atoms with van der Waals surface area (Å²) in [6.45, 7) is 0.931. The molecule has 0 unspecified atom stereocenters. The standard InChI is InChI=1S/C15H16FNO4/c16-13-4-2-1-3-11(13)5-6-14(18)17-7-8-21-12(10-17)9-15(19)20/h1-6,12H,7-10H2,(H,19,20)/b6-5-/t12-/m1/s1. The SMILES string of the molecule is O=C(O)C[C@@H]1CN(C(=O)/C=C\c2ccccc2F)CCO1. The maximum Gasteiger partial charge on any atom is 0.306 e. The van der Waals surface area contributed by atoms with E-state index in [0.717, 1.165) is 0 Å². The first-order valence-electron chi connectivity index (χ1n) is 6.61. The van der Waals surface area contributed by atoms with E-state index in [1.165, 1.54) is 23.1 Å². The summed E-state index contributed by atoms with van der Waals surface area (Å²) in [5.74, 6) is -1.64. The van der Waals surface area contributed by atoms with E-state index in [1.807, 2.05) is 0 Å². The monoisotopic (exact) mass is 293 g/mol. The number of carbonyl (C=O) groups is 2. The molecule has 0 aromatic heterocycles. The van der Waals surface area contributed by atoms with E-state index in [4.69, 9.17) is 9.84 Å². The Balaban J connectivity index is 1.96. The number of carboxylic acid groups (broad SMARTS) is 1. The fourth-order valence-corrected chi connectivity index (χ4v) is 2.11. The van der Waals surface area contributed by atoms with Gasteiger partial charge in [-0.15, -0.1) is 0 Å². The van der Waals surface area contributed by atoms with Gasteiger partial charge in [0.1, 0.15) is 5.82 Å². The molecule has 112 valence electrons. The van der Waals surface area contributed by atoms with E-state index < -0.39 is 17.9 Å². The number of aliphatic carboxylic acids is 1. The molecule has 2 rings (SSSR count). The summed E-state index contributed by atoms with van der Waals surface area (Å²) in [4.78, 5) is 24.2. The highest BCUT2D eigenvalue weighted by atomic mass is 19.1. The number of carbonyl (C=O) groups excluding carboxylic acids is 1. The van der Waals surface area contributed by atoms with Gasteiger partial charge in [-0.3, -0.25) is 9.59 Å². The van der Waals surface area contributed by atoms with Crippen molar-refractivity contribution in [1.82, 2.24) is 4.90 Å². The number of morpholine rings is 1. The molecule has 5 nitrogen and oxygen atoms in total. The van der Waals surface area contributed by atoms with Crippen LogP contribution < -0.4 is 0 Å². The Labute approximate surface area is 121 Å². The van der Waals surface area contributed by atoms with Crippen LogP contribution in [0.15, 0.2) is 30.3 Å². The Morgan fingerprint density at radius 3 is 2.90 bits per heavy atom. The van der Waals surface area contributed by atoms with E-state index in [9.17, 15) is 14.0 Å². The average molecular weight is 293 g/mol. The molecule has 1 aromatic carbocycles. The van der Waals surface area contributed by atoms with E-state index in [2.05, 4.69) is 0 Å². The van der Waals surface area contributed by atoms with Crippen molar-refractivity contribution in [2.24, 2.45) is 0 Å². The topological polar surface area (TPSA) is 66.8 Å². The van der Waals surface area contributed by atoms with Crippen molar-refractivity contribution in [2.45, 2.75) is 12.5 Å². The molecular weight excluding hydrogens is 277 g/mol. The molecule has 1 atom stereocenters. The first-order chi connectivity index (χ1) is 10.1. The first kappa shape index (κ1) is 15.2. The van der Waals surface area contributed by atoms with Crippen LogP contribution in [0.2, 0.25) is 0 Å². The molecule has 6 heteroatoms. The molecule has 1 aliphatic heterocycles. The van der Waals surface area contributed by atoms with Crippen LogP contribution in [0.5, 0.6) is 0 Å². The van der Waals surface area contributed by atoms with E-state index in [-0.39, 0.29) is 18.9 Å². The Kier molecular flexibility index (Phi) is 5.05. The predicted octanol–water partition coefficient (Wildman–Crippen LogP) is 1.54. The third-order valence-electron chi connectivity index (χ3n) is 3.16. The van der Waals surface area contributed by atoms with Gasteiger partial charge in [0, 0.05) is 24.7 Å². The van der Waals surface area contributed by atoms with Crippen molar-refractivity contribution in [2.75, 3.05) is 19.7 Å². The highest BCUT2D eigenvalue weighted by molar-refractivity contribution is 5.91. The zero-order valence-electron chi connectivity index (χ0n) is 11.4. The van der Waals surface area contributed by atoms with Crippen molar-refractivity contribution >= 4 is 18.0 Å². The molecule has 0 saturated carbocycles. The van der Waals surface area contributed by atoms with Gasteiger partial charge in [0.15, 0.2) is 0 Å². The quantitative estimate of drug-likeness (QED) is 0.855. The molecule has 1 N–H and O–H groups in total. The van der Waals surface area contributed by atoms with Crippen LogP contribution in [0, 0.1) is 5.82 Å². The van der Waals surface area contributed by atoms with Crippen molar-refractivity contribution in [3.8, 4) is 0 Å². The molecule has 1 fully saturated rings. The number of rotatable bonds is 4. The lowest BCUT2D eigenvalue weighted by atomic mass is 10.2. The minimum atomic E-state index is -0.962. The lowest BCUT2D eigenvalue weighted by Gasteiger charge is -2.31. The summed E-state index contributed by atoms with van der Waals surface area (Å²) in [5.41, 5.74) is 0.334. The minimum absolute atomic E-state index is 0.138. The van der Waals surface area contributed by atoms with Gasteiger partial charge in [-0.05, 0) is 12.1 Å². The number of nitrogens with zero attached hydrogens (tertiary/aromatic N) is 1. The molecule has 1 saturated heterocycles. The van der Waals surface area contributed by atoms with Gasteiger partial charge in [-0.2, -0.15) is 0 Å². The van der Waals surface area contributed by atoms with E-state index in [0.29, 0.717) is 18.7 Å². The van der Waals surface area contributed by atoms with Gasteiger partial charge in [-0.25, -0.2) is 4.39 Å². The zero-order valence-corrected chi connectivity index (χ0v) is 11.4. The van der Waals surface area contributed by atoms with Crippen LogP contribution >= 0.6 is 0 Å². The van der Waals surface area contributed by atoms with Crippen molar-refractivity contribution in [3.63, 3.8) is 0 Å². The van der Waals surface area contributed by atoms with Crippen LogP contribution in [-0.2, 0) is 14.3 Å². The maximum absolute atomic E-state index is 13.4. The van der Waals surface area contributed by atoms with Gasteiger partial charge in [0.2, 0.25) is 5.91 Å². The molecule has 1 heterocycles. The molecule has 1 aromatic rings. The Morgan fingerprint density at radius 1 is 1.43 bits per heavy atom. The highest BCUT2D eigenvalue weighted by Gasteiger charge is 2.24. The molecule has 21 heavy (non-hydrogen) atoms. The predicted molar refractivity (Wildman–Crippen MR) is 74.0 cm³/mol. The van der Waals surface area contributed by atoms with Gasteiger partial charge in [0.25, 0.3) is 0 Å². The molecule has 1 amide bonds. The molecule has 0 spiro atoms. The summed E-state index contributed by atoms with van der Waals surface area (Å²) in [5, 5.41) is 8.73. The normalized spacial score (nSPS) is 18.9. The second kappa shape index (κ2) is 6.99. The summed E-state index contributed by atoms with van der Waals surface area (Å²) >= 11 is 0. The lowest BCUT2D eigenvalue weighted by molar-refractivity contribution is -0.145. The number of amides is 1. The number of halogens is 1. The molecule has 1 aliphatic rings. The molecular formula is C15H16FNO4. The Morgan fingerprint density at radius 2 is 2.19 bits per heavy atom. The molecule has 0 bridgehead atoms. The zero-order chi connectivity index (χ0) is 15.2. The third-order valence-corrected chi connectivity index (χ3v) is 3.16. The number of hydrogen-bond acceptors (Lipinski definition) is 3. The third kappa shape index (κ3) is 4.39. The summed E-state index contributed by atoms with van der Waals surface area (Å²) in [6, 6.07) is 6.16. The van der Waals surface area contributed by atoms with Crippen LogP contribution in [0.25, 0.3) is 6.08 Å².